The van der Waals surface area contributed by atoms with Crippen LogP contribution in [0.15, 0.2) is 29.8 Å². The lowest BCUT2D eigenvalue weighted by Crippen LogP contribution is -2.54. The molecule has 0 heterocycles. The molecule has 0 saturated heterocycles. The Bertz CT molecular complexity index is 1030. The summed E-state index contributed by atoms with van der Waals surface area (Å²) in [5.41, 5.74) is 5.60. The molecular weight excluding hydrogens is 464 g/mol. The topological polar surface area (TPSA) is 26.3 Å². The Kier molecular flexibility index (Phi) is 7.93. The average molecular weight is 519 g/mol. The van der Waals surface area contributed by atoms with Crippen LogP contribution in [0.2, 0.25) is 0 Å². The summed E-state index contributed by atoms with van der Waals surface area (Å²) >= 11 is 0. The van der Waals surface area contributed by atoms with E-state index in [9.17, 15) is 4.79 Å². The zero-order valence-corrected chi connectivity index (χ0v) is 25.4. The van der Waals surface area contributed by atoms with Crippen LogP contribution in [0.5, 0.6) is 0 Å². The van der Waals surface area contributed by atoms with Gasteiger partial charge in [0.25, 0.3) is 0 Å². The molecular formula is C36H54O2. The van der Waals surface area contributed by atoms with Gasteiger partial charge in [-0.15, -0.1) is 0 Å². The fourth-order valence-electron chi connectivity index (χ4n) is 10.2. The van der Waals surface area contributed by atoms with Crippen molar-refractivity contribution in [3.8, 4) is 0 Å². The zero-order chi connectivity index (χ0) is 27.2. The molecule has 2 nitrogen and oxygen atoms in total. The molecule has 1 aromatic carbocycles. The van der Waals surface area contributed by atoms with Gasteiger partial charge in [0, 0.05) is 0 Å². The molecule has 8 atom stereocenters. The predicted molar refractivity (Wildman–Crippen MR) is 158 cm³/mol. The van der Waals surface area contributed by atoms with Crippen molar-refractivity contribution in [2.24, 2.45) is 46.3 Å². The van der Waals surface area contributed by atoms with Crippen molar-refractivity contribution in [1.82, 2.24) is 0 Å². The van der Waals surface area contributed by atoms with E-state index in [1.165, 1.54) is 57.8 Å². The molecule has 0 spiro atoms. The van der Waals surface area contributed by atoms with E-state index < -0.39 is 0 Å². The second-order valence-electron chi connectivity index (χ2n) is 14.9. The number of ether oxygens (including phenoxy) is 1. The van der Waals surface area contributed by atoms with Crippen LogP contribution in [-0.4, -0.2) is 12.1 Å². The lowest BCUT2D eigenvalue weighted by atomic mass is 9.44. The number of carbonyl (C=O) groups is 1. The van der Waals surface area contributed by atoms with Gasteiger partial charge in [-0.1, -0.05) is 56.5 Å². The highest BCUT2D eigenvalue weighted by Gasteiger charge is 2.60. The van der Waals surface area contributed by atoms with Crippen LogP contribution in [0.1, 0.15) is 127 Å². The maximum atomic E-state index is 13.0. The second-order valence-corrected chi connectivity index (χ2v) is 14.9. The van der Waals surface area contributed by atoms with E-state index in [1.54, 1.807) is 5.57 Å². The lowest BCUT2D eigenvalue weighted by Gasteiger charge is -2.61. The summed E-state index contributed by atoms with van der Waals surface area (Å²) in [6.45, 7) is 16.5. The molecule has 0 amide bonds. The highest BCUT2D eigenvalue weighted by atomic mass is 16.5. The molecule has 8 unspecified atom stereocenters. The number of hydrogen-bond acceptors (Lipinski definition) is 2. The first-order valence-corrected chi connectivity index (χ1v) is 16.0. The van der Waals surface area contributed by atoms with Crippen molar-refractivity contribution < 1.29 is 9.53 Å². The molecule has 4 fully saturated rings. The largest absolute Gasteiger partial charge is 0.459 e. The van der Waals surface area contributed by atoms with Crippen molar-refractivity contribution in [2.75, 3.05) is 0 Å². The molecule has 4 saturated carbocycles. The normalized spacial score (nSPS) is 38.9. The minimum Gasteiger partial charge on any atom is -0.459 e. The van der Waals surface area contributed by atoms with Crippen LogP contribution < -0.4 is 0 Å². The SMILES string of the molecule is C/C(=C/CCC(C)C)C1CCC2C3CCC4CC(OC(=O)c5cc(C)cc(C)c5)CCC4(C)C3CCC12C. The van der Waals surface area contributed by atoms with Gasteiger partial charge in [0.05, 0.1) is 5.56 Å². The monoisotopic (exact) mass is 518 g/mol. The van der Waals surface area contributed by atoms with Gasteiger partial charge < -0.3 is 4.74 Å². The van der Waals surface area contributed by atoms with Gasteiger partial charge in [0.15, 0.2) is 0 Å². The fraction of sp³-hybridized carbons (Fsp3) is 0.750. The van der Waals surface area contributed by atoms with Crippen molar-refractivity contribution >= 4 is 5.97 Å². The van der Waals surface area contributed by atoms with Gasteiger partial charge in [-0.25, -0.2) is 4.79 Å². The van der Waals surface area contributed by atoms with Crippen LogP contribution in [0.25, 0.3) is 0 Å². The molecule has 38 heavy (non-hydrogen) atoms. The quantitative estimate of drug-likeness (QED) is 0.277. The van der Waals surface area contributed by atoms with Crippen LogP contribution in [0, 0.1) is 60.2 Å². The summed E-state index contributed by atoms with van der Waals surface area (Å²) < 4.78 is 6.14. The Morgan fingerprint density at radius 1 is 0.947 bits per heavy atom. The summed E-state index contributed by atoms with van der Waals surface area (Å²) in [6, 6.07) is 6.07. The maximum Gasteiger partial charge on any atom is 0.338 e. The third-order valence-corrected chi connectivity index (χ3v) is 12.1. The van der Waals surface area contributed by atoms with E-state index >= 15 is 0 Å². The Balaban J connectivity index is 1.24. The molecule has 4 aliphatic rings. The highest BCUT2D eigenvalue weighted by Crippen LogP contribution is 2.68. The Morgan fingerprint density at radius 3 is 2.34 bits per heavy atom. The second kappa shape index (κ2) is 10.8. The van der Waals surface area contributed by atoms with Crippen molar-refractivity contribution in [2.45, 2.75) is 125 Å². The van der Waals surface area contributed by atoms with Gasteiger partial charge in [-0.05, 0) is 150 Å². The lowest BCUT2D eigenvalue weighted by molar-refractivity contribution is -0.126. The molecule has 0 radical (unpaired) electrons. The summed E-state index contributed by atoms with van der Waals surface area (Å²) in [7, 11) is 0. The van der Waals surface area contributed by atoms with Crippen molar-refractivity contribution in [3.63, 3.8) is 0 Å². The number of rotatable bonds is 6. The predicted octanol–water partition coefficient (Wildman–Crippen LogP) is 9.87. The Labute approximate surface area is 233 Å². The Hall–Kier alpha value is -1.57. The van der Waals surface area contributed by atoms with Crippen LogP contribution in [0.3, 0.4) is 0 Å². The molecule has 4 aliphatic carbocycles. The smallest absolute Gasteiger partial charge is 0.338 e. The van der Waals surface area contributed by atoms with E-state index in [4.69, 9.17) is 4.74 Å². The molecule has 2 heteroatoms. The Morgan fingerprint density at radius 2 is 1.63 bits per heavy atom. The minimum atomic E-state index is -0.124. The first kappa shape index (κ1) is 28.0. The molecule has 0 bridgehead atoms. The maximum absolute atomic E-state index is 13.0. The van der Waals surface area contributed by atoms with Crippen molar-refractivity contribution in [3.05, 3.63) is 46.5 Å². The van der Waals surface area contributed by atoms with Gasteiger partial charge in [0.1, 0.15) is 6.10 Å². The average Bonchev–Trinajstić information content (AvgIpc) is 3.20. The van der Waals surface area contributed by atoms with Gasteiger partial charge in [-0.2, -0.15) is 0 Å². The van der Waals surface area contributed by atoms with Gasteiger partial charge in [0.2, 0.25) is 0 Å². The minimum absolute atomic E-state index is 0.0845. The number of carbonyl (C=O) groups excluding carboxylic acids is 1. The summed E-state index contributed by atoms with van der Waals surface area (Å²) in [6.07, 6.45) is 17.0. The van der Waals surface area contributed by atoms with E-state index in [0.29, 0.717) is 16.7 Å². The van der Waals surface area contributed by atoms with Crippen LogP contribution in [0.4, 0.5) is 0 Å². The third kappa shape index (κ3) is 5.15. The molecule has 0 aromatic heterocycles. The number of benzene rings is 1. The molecule has 5 rings (SSSR count). The summed E-state index contributed by atoms with van der Waals surface area (Å²) in [5.74, 6) is 4.83. The van der Waals surface area contributed by atoms with Gasteiger partial charge >= 0.3 is 5.97 Å². The van der Waals surface area contributed by atoms with E-state index in [0.717, 1.165) is 59.1 Å². The van der Waals surface area contributed by atoms with E-state index in [1.807, 2.05) is 12.1 Å². The number of allylic oxidation sites excluding steroid dienone is 2. The van der Waals surface area contributed by atoms with Crippen LogP contribution >= 0.6 is 0 Å². The van der Waals surface area contributed by atoms with Crippen LogP contribution in [-0.2, 0) is 4.74 Å². The summed E-state index contributed by atoms with van der Waals surface area (Å²) in [5, 5.41) is 0. The fourth-order valence-corrected chi connectivity index (χ4v) is 10.2. The highest BCUT2D eigenvalue weighted by molar-refractivity contribution is 5.90. The van der Waals surface area contributed by atoms with E-state index in [-0.39, 0.29) is 12.1 Å². The number of fused-ring (bicyclic) bond motifs is 5. The number of hydrogen-bond donors (Lipinski definition) is 0. The zero-order valence-electron chi connectivity index (χ0n) is 25.4. The third-order valence-electron chi connectivity index (χ3n) is 12.1. The van der Waals surface area contributed by atoms with Gasteiger partial charge in [-0.3, -0.25) is 0 Å². The molecule has 0 aliphatic heterocycles. The van der Waals surface area contributed by atoms with E-state index in [2.05, 4.69) is 60.6 Å². The number of aryl methyl sites for hydroxylation is 2. The first-order valence-electron chi connectivity index (χ1n) is 16.0. The summed E-state index contributed by atoms with van der Waals surface area (Å²) in [4.78, 5) is 13.0. The van der Waals surface area contributed by atoms with Crippen molar-refractivity contribution in [1.29, 1.82) is 0 Å². The first-order chi connectivity index (χ1) is 18.0. The number of esters is 1. The standard InChI is InChI=1S/C36H54O2/c1-23(2)9-8-10-26(5)31-13-14-32-30-12-11-28-22-29(38-34(37)27-20-24(3)19-25(4)21-27)15-17-35(28,6)33(30)16-18-36(31,32)7/h10,19-21,23,28-33H,8-9,11-18,22H2,1-7H3/b26-10-. The molecule has 210 valence electrons. The molecule has 0 N–H and O–H groups in total. The molecule has 1 aromatic rings.